The predicted molar refractivity (Wildman–Crippen MR) is 84.7 cm³/mol. The minimum atomic E-state index is -0.477. The Morgan fingerprint density at radius 3 is 2.36 bits per heavy atom. The van der Waals surface area contributed by atoms with Gasteiger partial charge in [0.05, 0.1) is 10.6 Å². The summed E-state index contributed by atoms with van der Waals surface area (Å²) in [5, 5.41) is 1.24. The lowest BCUT2D eigenvalue weighted by Gasteiger charge is -2.07. The molecule has 22 heavy (non-hydrogen) atoms. The standard InChI is InChI=1S/C16H12ClN3O2/c17-12-7-3-2-6-11(12)15(21)19-20-16(22)14-9-10-5-1-4-8-13(10)18-14/h1-9,18H,(H,19,21)(H,20,22). The Labute approximate surface area is 131 Å². The predicted octanol–water partition coefficient (Wildman–Crippen LogP) is 2.90. The minimum Gasteiger partial charge on any atom is -0.350 e. The molecule has 3 N–H and O–H groups in total. The van der Waals surface area contributed by atoms with Gasteiger partial charge >= 0.3 is 0 Å². The van der Waals surface area contributed by atoms with E-state index in [2.05, 4.69) is 15.8 Å². The lowest BCUT2D eigenvalue weighted by atomic mass is 10.2. The van der Waals surface area contributed by atoms with Crippen LogP contribution in [-0.2, 0) is 0 Å². The molecular formula is C16H12ClN3O2. The molecule has 0 bridgehead atoms. The number of fused-ring (bicyclic) bond motifs is 1. The first-order valence-electron chi connectivity index (χ1n) is 6.58. The molecule has 6 heteroatoms. The number of para-hydroxylation sites is 1. The number of carbonyl (C=O) groups excluding carboxylic acids is 2. The summed E-state index contributed by atoms with van der Waals surface area (Å²) in [6, 6.07) is 15.8. The maximum Gasteiger partial charge on any atom is 0.286 e. The van der Waals surface area contributed by atoms with E-state index in [1.54, 1.807) is 30.3 Å². The zero-order valence-electron chi connectivity index (χ0n) is 11.4. The van der Waals surface area contributed by atoms with Crippen LogP contribution >= 0.6 is 11.6 Å². The Morgan fingerprint density at radius 2 is 1.59 bits per heavy atom. The highest BCUT2D eigenvalue weighted by molar-refractivity contribution is 6.33. The Kier molecular flexibility index (Phi) is 3.80. The van der Waals surface area contributed by atoms with E-state index in [0.717, 1.165) is 10.9 Å². The second-order valence-electron chi connectivity index (χ2n) is 4.66. The van der Waals surface area contributed by atoms with Gasteiger partial charge in [0.15, 0.2) is 0 Å². The van der Waals surface area contributed by atoms with E-state index < -0.39 is 11.8 Å². The Hall–Kier alpha value is -2.79. The van der Waals surface area contributed by atoms with Gasteiger partial charge in [-0.05, 0) is 24.3 Å². The number of aromatic amines is 1. The zero-order valence-corrected chi connectivity index (χ0v) is 12.1. The molecule has 5 nitrogen and oxygen atoms in total. The van der Waals surface area contributed by atoms with Gasteiger partial charge in [-0.1, -0.05) is 41.9 Å². The highest BCUT2D eigenvalue weighted by atomic mass is 35.5. The fourth-order valence-corrected chi connectivity index (χ4v) is 2.31. The van der Waals surface area contributed by atoms with Crippen LogP contribution < -0.4 is 10.9 Å². The second kappa shape index (κ2) is 5.91. The van der Waals surface area contributed by atoms with Gasteiger partial charge in [0.1, 0.15) is 5.69 Å². The largest absolute Gasteiger partial charge is 0.350 e. The summed E-state index contributed by atoms with van der Waals surface area (Å²) in [7, 11) is 0. The van der Waals surface area contributed by atoms with Gasteiger partial charge in [-0.2, -0.15) is 0 Å². The number of H-pyrrole nitrogens is 1. The fourth-order valence-electron chi connectivity index (χ4n) is 2.09. The fraction of sp³-hybridized carbons (Fsp3) is 0. The van der Waals surface area contributed by atoms with Gasteiger partial charge < -0.3 is 4.98 Å². The molecular weight excluding hydrogens is 302 g/mol. The van der Waals surface area contributed by atoms with Crippen molar-refractivity contribution in [1.29, 1.82) is 0 Å². The molecule has 0 aliphatic heterocycles. The molecule has 0 unspecified atom stereocenters. The Bertz CT molecular complexity index is 824. The van der Waals surface area contributed by atoms with Crippen LogP contribution in [0.15, 0.2) is 54.6 Å². The molecule has 110 valence electrons. The lowest BCUT2D eigenvalue weighted by Crippen LogP contribution is -2.41. The number of hydrazine groups is 1. The molecule has 0 saturated heterocycles. The molecule has 0 atom stereocenters. The molecule has 3 rings (SSSR count). The van der Waals surface area contributed by atoms with Crippen molar-refractivity contribution >= 4 is 34.3 Å². The van der Waals surface area contributed by atoms with Gasteiger partial charge in [0.25, 0.3) is 11.8 Å². The highest BCUT2D eigenvalue weighted by Crippen LogP contribution is 2.15. The zero-order chi connectivity index (χ0) is 15.5. The van der Waals surface area contributed by atoms with Crippen LogP contribution in [0, 0.1) is 0 Å². The van der Waals surface area contributed by atoms with Crippen molar-refractivity contribution in [3.63, 3.8) is 0 Å². The second-order valence-corrected chi connectivity index (χ2v) is 5.07. The number of rotatable bonds is 2. The van der Waals surface area contributed by atoms with Crippen LogP contribution in [0.3, 0.4) is 0 Å². The summed E-state index contributed by atoms with van der Waals surface area (Å²) in [5.41, 5.74) is 6.20. The van der Waals surface area contributed by atoms with Crippen LogP contribution in [0.4, 0.5) is 0 Å². The third kappa shape index (κ3) is 2.80. The first kappa shape index (κ1) is 14.2. The van der Waals surface area contributed by atoms with Crippen molar-refractivity contribution in [2.24, 2.45) is 0 Å². The maximum absolute atomic E-state index is 12.0. The maximum atomic E-state index is 12.0. The average molecular weight is 314 g/mol. The van der Waals surface area contributed by atoms with Gasteiger partial charge in [-0.15, -0.1) is 0 Å². The number of hydrogen-bond donors (Lipinski definition) is 3. The number of benzene rings is 2. The van der Waals surface area contributed by atoms with Crippen LogP contribution in [-0.4, -0.2) is 16.8 Å². The molecule has 0 fully saturated rings. The summed E-state index contributed by atoms with van der Waals surface area (Å²) in [5.74, 6) is -0.910. The summed E-state index contributed by atoms with van der Waals surface area (Å²) in [6.07, 6.45) is 0. The van der Waals surface area contributed by atoms with E-state index in [0.29, 0.717) is 16.3 Å². The van der Waals surface area contributed by atoms with Crippen molar-refractivity contribution in [3.8, 4) is 0 Å². The smallest absolute Gasteiger partial charge is 0.286 e. The molecule has 2 amide bonds. The number of hydrogen-bond acceptors (Lipinski definition) is 2. The van der Waals surface area contributed by atoms with Crippen molar-refractivity contribution in [1.82, 2.24) is 15.8 Å². The number of amides is 2. The molecule has 0 spiro atoms. The van der Waals surface area contributed by atoms with Gasteiger partial charge in [-0.25, -0.2) is 0 Å². The quantitative estimate of drug-likeness (QED) is 0.636. The number of carbonyl (C=O) groups is 2. The van der Waals surface area contributed by atoms with E-state index in [9.17, 15) is 9.59 Å². The molecule has 1 heterocycles. The van der Waals surface area contributed by atoms with Crippen LogP contribution in [0.25, 0.3) is 10.9 Å². The molecule has 1 aromatic heterocycles. The Balaban J connectivity index is 1.69. The van der Waals surface area contributed by atoms with Gasteiger partial charge in [0, 0.05) is 10.9 Å². The number of nitrogens with one attached hydrogen (secondary N) is 3. The number of aromatic nitrogens is 1. The van der Waals surface area contributed by atoms with E-state index in [1.165, 1.54) is 0 Å². The Morgan fingerprint density at radius 1 is 0.909 bits per heavy atom. The summed E-state index contributed by atoms with van der Waals surface area (Å²) < 4.78 is 0. The van der Waals surface area contributed by atoms with E-state index in [-0.39, 0.29) is 0 Å². The van der Waals surface area contributed by atoms with Crippen LogP contribution in [0.1, 0.15) is 20.8 Å². The normalized spacial score (nSPS) is 10.4. The van der Waals surface area contributed by atoms with Crippen molar-refractivity contribution < 1.29 is 9.59 Å². The molecule has 0 radical (unpaired) electrons. The molecule has 0 saturated carbocycles. The monoisotopic (exact) mass is 313 g/mol. The third-order valence-electron chi connectivity index (χ3n) is 3.18. The third-order valence-corrected chi connectivity index (χ3v) is 3.51. The van der Waals surface area contributed by atoms with Gasteiger partial charge in [0.2, 0.25) is 0 Å². The van der Waals surface area contributed by atoms with Crippen molar-refractivity contribution in [2.45, 2.75) is 0 Å². The van der Waals surface area contributed by atoms with Gasteiger partial charge in [-0.3, -0.25) is 20.4 Å². The average Bonchev–Trinajstić information content (AvgIpc) is 2.97. The molecule has 0 aliphatic carbocycles. The number of halogens is 1. The van der Waals surface area contributed by atoms with Crippen LogP contribution in [0.5, 0.6) is 0 Å². The molecule has 3 aromatic rings. The summed E-state index contributed by atoms with van der Waals surface area (Å²) in [4.78, 5) is 27.0. The lowest BCUT2D eigenvalue weighted by molar-refractivity contribution is 0.0844. The SMILES string of the molecule is O=C(NNC(=O)c1ccccc1Cl)c1cc2ccccc2[nH]1. The molecule has 0 aliphatic rings. The summed E-state index contributed by atoms with van der Waals surface area (Å²) >= 11 is 5.93. The van der Waals surface area contributed by atoms with Crippen molar-refractivity contribution in [3.05, 3.63) is 70.9 Å². The minimum absolute atomic E-state index is 0.293. The molecule has 2 aromatic carbocycles. The van der Waals surface area contributed by atoms with E-state index in [4.69, 9.17) is 11.6 Å². The van der Waals surface area contributed by atoms with Crippen molar-refractivity contribution in [2.75, 3.05) is 0 Å². The first-order chi connectivity index (χ1) is 10.6. The van der Waals surface area contributed by atoms with Crippen LogP contribution in [0.2, 0.25) is 5.02 Å². The van der Waals surface area contributed by atoms with E-state index in [1.807, 2.05) is 24.3 Å². The topological polar surface area (TPSA) is 74.0 Å². The van der Waals surface area contributed by atoms with E-state index >= 15 is 0 Å². The first-order valence-corrected chi connectivity index (χ1v) is 6.96. The highest BCUT2D eigenvalue weighted by Gasteiger charge is 2.13. The summed E-state index contributed by atoms with van der Waals surface area (Å²) in [6.45, 7) is 0.